The summed E-state index contributed by atoms with van der Waals surface area (Å²) in [5.74, 6) is 0.0390. The van der Waals surface area contributed by atoms with Gasteiger partial charge in [-0.25, -0.2) is 9.18 Å². The van der Waals surface area contributed by atoms with Crippen LogP contribution in [0.1, 0.15) is 12.8 Å². The molecule has 1 unspecified atom stereocenters. The lowest BCUT2D eigenvalue weighted by atomic mass is 10.00. The van der Waals surface area contributed by atoms with Gasteiger partial charge >= 0.3 is 6.03 Å². The fourth-order valence-corrected chi connectivity index (χ4v) is 2.06. The standard InChI is InChI=1S/C13H18FN3O/c14-11-5-1-2-6-12(11)17-13(18)16-9-10-4-3-7-15-8-10/h1-2,5-6,10,15H,3-4,7-9H2,(H2,16,17,18). The summed E-state index contributed by atoms with van der Waals surface area (Å²) < 4.78 is 13.3. The second kappa shape index (κ2) is 6.35. The van der Waals surface area contributed by atoms with Gasteiger partial charge in [0.25, 0.3) is 0 Å². The topological polar surface area (TPSA) is 53.2 Å². The van der Waals surface area contributed by atoms with Crippen LogP contribution in [-0.4, -0.2) is 25.7 Å². The highest BCUT2D eigenvalue weighted by atomic mass is 19.1. The number of nitrogens with one attached hydrogen (secondary N) is 3. The molecule has 1 aromatic carbocycles. The zero-order valence-electron chi connectivity index (χ0n) is 10.2. The Morgan fingerprint density at radius 2 is 2.28 bits per heavy atom. The van der Waals surface area contributed by atoms with Crippen LogP contribution in [0.2, 0.25) is 0 Å². The van der Waals surface area contributed by atoms with E-state index in [0.717, 1.165) is 25.9 Å². The van der Waals surface area contributed by atoms with Gasteiger partial charge in [0.1, 0.15) is 5.82 Å². The molecule has 4 nitrogen and oxygen atoms in total. The number of hydrogen-bond donors (Lipinski definition) is 3. The maximum atomic E-state index is 13.3. The SMILES string of the molecule is O=C(NCC1CCCNC1)Nc1ccccc1F. The monoisotopic (exact) mass is 251 g/mol. The summed E-state index contributed by atoms with van der Waals surface area (Å²) in [4.78, 5) is 11.6. The first-order valence-electron chi connectivity index (χ1n) is 6.26. The number of amides is 2. The number of piperidine rings is 1. The minimum absolute atomic E-state index is 0.205. The summed E-state index contributed by atoms with van der Waals surface area (Å²) >= 11 is 0. The van der Waals surface area contributed by atoms with Crippen LogP contribution in [0.5, 0.6) is 0 Å². The van der Waals surface area contributed by atoms with Crippen molar-refractivity contribution in [2.24, 2.45) is 5.92 Å². The number of urea groups is 1. The Balaban J connectivity index is 1.76. The number of benzene rings is 1. The van der Waals surface area contributed by atoms with Crippen LogP contribution in [0, 0.1) is 11.7 Å². The lowest BCUT2D eigenvalue weighted by Crippen LogP contribution is -2.39. The quantitative estimate of drug-likeness (QED) is 0.769. The van der Waals surface area contributed by atoms with E-state index >= 15 is 0 Å². The van der Waals surface area contributed by atoms with Gasteiger partial charge in [0.15, 0.2) is 0 Å². The highest BCUT2D eigenvalue weighted by Crippen LogP contribution is 2.12. The molecule has 3 N–H and O–H groups in total. The first kappa shape index (κ1) is 12.8. The molecule has 2 amide bonds. The van der Waals surface area contributed by atoms with Crippen molar-refractivity contribution in [1.29, 1.82) is 0 Å². The van der Waals surface area contributed by atoms with Crippen LogP contribution in [-0.2, 0) is 0 Å². The third kappa shape index (κ3) is 3.70. The number of halogens is 1. The zero-order valence-corrected chi connectivity index (χ0v) is 10.2. The highest BCUT2D eigenvalue weighted by molar-refractivity contribution is 5.89. The summed E-state index contributed by atoms with van der Waals surface area (Å²) in [5.41, 5.74) is 0.205. The number of hydrogen-bond acceptors (Lipinski definition) is 2. The summed E-state index contributed by atoms with van der Waals surface area (Å²) in [6, 6.07) is 5.78. The minimum atomic E-state index is -0.424. The van der Waals surface area contributed by atoms with Crippen molar-refractivity contribution in [3.05, 3.63) is 30.1 Å². The summed E-state index contributed by atoms with van der Waals surface area (Å²) in [5, 5.41) is 8.56. The largest absolute Gasteiger partial charge is 0.338 e. The molecule has 1 heterocycles. The van der Waals surface area contributed by atoms with E-state index in [-0.39, 0.29) is 11.7 Å². The van der Waals surface area contributed by atoms with Gasteiger partial charge in [-0.2, -0.15) is 0 Å². The van der Waals surface area contributed by atoms with Crippen molar-refractivity contribution in [1.82, 2.24) is 10.6 Å². The van der Waals surface area contributed by atoms with E-state index in [4.69, 9.17) is 0 Å². The highest BCUT2D eigenvalue weighted by Gasteiger charge is 2.14. The van der Waals surface area contributed by atoms with Gasteiger partial charge in [-0.3, -0.25) is 0 Å². The molecule has 0 radical (unpaired) electrons. The molecule has 98 valence electrons. The van der Waals surface area contributed by atoms with Crippen LogP contribution >= 0.6 is 0 Å². The van der Waals surface area contributed by atoms with E-state index in [2.05, 4.69) is 16.0 Å². The molecule has 5 heteroatoms. The van der Waals surface area contributed by atoms with Crippen molar-refractivity contribution >= 4 is 11.7 Å². The van der Waals surface area contributed by atoms with Crippen LogP contribution < -0.4 is 16.0 Å². The Hall–Kier alpha value is -1.62. The summed E-state index contributed by atoms with van der Waals surface area (Å²) in [6.45, 7) is 2.60. The number of para-hydroxylation sites is 1. The van der Waals surface area contributed by atoms with E-state index in [1.165, 1.54) is 12.1 Å². The Kier molecular flexibility index (Phi) is 4.52. The van der Waals surface area contributed by atoms with Crippen molar-refractivity contribution in [2.45, 2.75) is 12.8 Å². The normalized spacial score (nSPS) is 19.3. The van der Waals surface area contributed by atoms with Crippen molar-refractivity contribution in [2.75, 3.05) is 25.0 Å². The average molecular weight is 251 g/mol. The third-order valence-electron chi connectivity index (χ3n) is 3.07. The molecule has 0 aromatic heterocycles. The summed E-state index contributed by atoms with van der Waals surface area (Å²) in [6.07, 6.45) is 2.26. The average Bonchev–Trinajstić information content (AvgIpc) is 2.40. The van der Waals surface area contributed by atoms with Crippen molar-refractivity contribution in [3.8, 4) is 0 Å². The van der Waals surface area contributed by atoms with E-state index in [9.17, 15) is 9.18 Å². The molecule has 1 aliphatic rings. The van der Waals surface area contributed by atoms with E-state index in [0.29, 0.717) is 12.5 Å². The lowest BCUT2D eigenvalue weighted by molar-refractivity contribution is 0.248. The predicted octanol–water partition coefficient (Wildman–Crippen LogP) is 1.95. The molecular weight excluding hydrogens is 233 g/mol. The first-order chi connectivity index (χ1) is 8.75. The molecule has 1 atom stereocenters. The third-order valence-corrected chi connectivity index (χ3v) is 3.07. The number of rotatable bonds is 3. The number of carbonyl (C=O) groups is 1. The second-order valence-electron chi connectivity index (χ2n) is 4.53. The molecule has 0 spiro atoms. The molecule has 1 aliphatic heterocycles. The molecule has 1 fully saturated rings. The Labute approximate surface area is 106 Å². The predicted molar refractivity (Wildman–Crippen MR) is 69.0 cm³/mol. The van der Waals surface area contributed by atoms with Crippen LogP contribution in [0.4, 0.5) is 14.9 Å². The van der Waals surface area contributed by atoms with E-state index < -0.39 is 5.82 Å². The molecule has 18 heavy (non-hydrogen) atoms. The Morgan fingerprint density at radius 3 is 3.00 bits per heavy atom. The van der Waals surface area contributed by atoms with Gasteiger partial charge in [0.05, 0.1) is 5.69 Å². The summed E-state index contributed by atoms with van der Waals surface area (Å²) in [7, 11) is 0. The van der Waals surface area contributed by atoms with Gasteiger partial charge < -0.3 is 16.0 Å². The van der Waals surface area contributed by atoms with E-state index in [1.807, 2.05) is 0 Å². The molecule has 1 saturated heterocycles. The molecule has 2 rings (SSSR count). The Bertz CT molecular complexity index is 405. The van der Waals surface area contributed by atoms with E-state index in [1.54, 1.807) is 12.1 Å². The van der Waals surface area contributed by atoms with Crippen LogP contribution in [0.25, 0.3) is 0 Å². The zero-order chi connectivity index (χ0) is 12.8. The van der Waals surface area contributed by atoms with Gasteiger partial charge in [-0.15, -0.1) is 0 Å². The van der Waals surface area contributed by atoms with Crippen LogP contribution in [0.15, 0.2) is 24.3 Å². The fourth-order valence-electron chi connectivity index (χ4n) is 2.06. The maximum absolute atomic E-state index is 13.3. The molecule has 0 bridgehead atoms. The van der Waals surface area contributed by atoms with Crippen LogP contribution in [0.3, 0.4) is 0 Å². The lowest BCUT2D eigenvalue weighted by Gasteiger charge is -2.22. The Morgan fingerprint density at radius 1 is 1.44 bits per heavy atom. The van der Waals surface area contributed by atoms with Gasteiger partial charge in [0, 0.05) is 6.54 Å². The first-order valence-corrected chi connectivity index (χ1v) is 6.26. The fraction of sp³-hybridized carbons (Fsp3) is 0.462. The minimum Gasteiger partial charge on any atom is -0.338 e. The molecule has 0 saturated carbocycles. The molecular formula is C13H18FN3O. The maximum Gasteiger partial charge on any atom is 0.319 e. The van der Waals surface area contributed by atoms with Gasteiger partial charge in [0.2, 0.25) is 0 Å². The van der Waals surface area contributed by atoms with Crippen molar-refractivity contribution < 1.29 is 9.18 Å². The number of anilines is 1. The number of carbonyl (C=O) groups excluding carboxylic acids is 1. The second-order valence-corrected chi connectivity index (χ2v) is 4.53. The van der Waals surface area contributed by atoms with Gasteiger partial charge in [-0.1, -0.05) is 12.1 Å². The van der Waals surface area contributed by atoms with Gasteiger partial charge in [-0.05, 0) is 44.0 Å². The molecule has 0 aliphatic carbocycles. The van der Waals surface area contributed by atoms with Crippen molar-refractivity contribution in [3.63, 3.8) is 0 Å². The smallest absolute Gasteiger partial charge is 0.319 e. The molecule has 1 aromatic rings.